The standard InChI is InChI=1S/C9H12F3NO4/c10-9(11,12)4-17-8(16)13-6-2-1-5(3-6)7(14)15/h5-6H,1-4H2,(H,13,16)(H,14,15)/t5-,6+/m1/s1. The highest BCUT2D eigenvalue weighted by Crippen LogP contribution is 2.25. The highest BCUT2D eigenvalue weighted by atomic mass is 19.4. The van der Waals surface area contributed by atoms with Crippen molar-refractivity contribution < 1.29 is 32.6 Å². The number of nitrogens with one attached hydrogen (secondary N) is 1. The van der Waals surface area contributed by atoms with E-state index in [9.17, 15) is 22.8 Å². The molecule has 2 atom stereocenters. The molecule has 0 bridgehead atoms. The van der Waals surface area contributed by atoms with Crippen molar-refractivity contribution in [3.63, 3.8) is 0 Å². The van der Waals surface area contributed by atoms with Gasteiger partial charge in [0.15, 0.2) is 6.61 Å². The van der Waals surface area contributed by atoms with Crippen molar-refractivity contribution in [1.82, 2.24) is 5.32 Å². The van der Waals surface area contributed by atoms with Gasteiger partial charge in [-0.3, -0.25) is 4.79 Å². The first-order chi connectivity index (χ1) is 7.78. The van der Waals surface area contributed by atoms with Crippen LogP contribution >= 0.6 is 0 Å². The van der Waals surface area contributed by atoms with Crippen LogP contribution in [0, 0.1) is 5.92 Å². The fourth-order valence-electron chi connectivity index (χ4n) is 1.69. The number of aliphatic carboxylic acids is 1. The van der Waals surface area contributed by atoms with Gasteiger partial charge in [-0.1, -0.05) is 0 Å². The summed E-state index contributed by atoms with van der Waals surface area (Å²) in [5.41, 5.74) is 0. The first-order valence-corrected chi connectivity index (χ1v) is 5.01. The van der Waals surface area contributed by atoms with Gasteiger partial charge in [0.1, 0.15) is 0 Å². The molecule has 17 heavy (non-hydrogen) atoms. The summed E-state index contributed by atoms with van der Waals surface area (Å²) in [6.07, 6.45) is -4.68. The lowest BCUT2D eigenvalue weighted by Gasteiger charge is -2.13. The molecule has 1 rings (SSSR count). The molecule has 5 nitrogen and oxygen atoms in total. The van der Waals surface area contributed by atoms with Gasteiger partial charge in [0, 0.05) is 6.04 Å². The highest BCUT2D eigenvalue weighted by Gasteiger charge is 2.33. The molecule has 1 saturated carbocycles. The van der Waals surface area contributed by atoms with Gasteiger partial charge in [-0.15, -0.1) is 0 Å². The number of alkyl carbamates (subject to hydrolysis) is 1. The molecule has 0 unspecified atom stereocenters. The van der Waals surface area contributed by atoms with E-state index in [1.54, 1.807) is 0 Å². The lowest BCUT2D eigenvalue weighted by molar-refractivity contribution is -0.160. The smallest absolute Gasteiger partial charge is 0.422 e. The second kappa shape index (κ2) is 5.24. The predicted molar refractivity (Wildman–Crippen MR) is 49.3 cm³/mol. The fraction of sp³-hybridized carbons (Fsp3) is 0.778. The zero-order chi connectivity index (χ0) is 13.1. The molecule has 0 aromatic rings. The summed E-state index contributed by atoms with van der Waals surface area (Å²) in [4.78, 5) is 21.5. The zero-order valence-corrected chi connectivity index (χ0v) is 8.79. The van der Waals surface area contributed by atoms with Crippen molar-refractivity contribution in [2.75, 3.05) is 6.61 Å². The summed E-state index contributed by atoms with van der Waals surface area (Å²) in [7, 11) is 0. The Labute approximate surface area is 94.9 Å². The molecule has 8 heteroatoms. The lowest BCUT2D eigenvalue weighted by Crippen LogP contribution is -2.35. The quantitative estimate of drug-likeness (QED) is 0.801. The molecule has 1 aliphatic rings. The van der Waals surface area contributed by atoms with Crippen LogP contribution < -0.4 is 5.32 Å². The van der Waals surface area contributed by atoms with Gasteiger partial charge in [-0.25, -0.2) is 4.79 Å². The van der Waals surface area contributed by atoms with Crippen LogP contribution in [0.3, 0.4) is 0 Å². The molecule has 0 aromatic carbocycles. The largest absolute Gasteiger partial charge is 0.481 e. The molecule has 0 aromatic heterocycles. The van der Waals surface area contributed by atoms with Crippen molar-refractivity contribution in [3.8, 4) is 0 Å². The first kappa shape index (κ1) is 13.6. The van der Waals surface area contributed by atoms with Gasteiger partial charge in [0.05, 0.1) is 5.92 Å². The molecule has 0 saturated heterocycles. The molecule has 1 aliphatic carbocycles. The highest BCUT2D eigenvalue weighted by molar-refractivity contribution is 5.71. The third kappa shape index (κ3) is 4.92. The van der Waals surface area contributed by atoms with Crippen LogP contribution in [0.5, 0.6) is 0 Å². The van der Waals surface area contributed by atoms with E-state index in [1.807, 2.05) is 0 Å². The van der Waals surface area contributed by atoms with Crippen molar-refractivity contribution in [1.29, 1.82) is 0 Å². The number of carbonyl (C=O) groups excluding carboxylic acids is 1. The minimum atomic E-state index is -4.56. The van der Waals surface area contributed by atoms with Crippen molar-refractivity contribution in [3.05, 3.63) is 0 Å². The summed E-state index contributed by atoms with van der Waals surface area (Å²) in [5, 5.41) is 10.9. The number of carboxylic acid groups (broad SMARTS) is 1. The van der Waals surface area contributed by atoms with E-state index >= 15 is 0 Å². The van der Waals surface area contributed by atoms with E-state index in [1.165, 1.54) is 0 Å². The van der Waals surface area contributed by atoms with E-state index in [4.69, 9.17) is 5.11 Å². The van der Waals surface area contributed by atoms with Gasteiger partial charge in [-0.2, -0.15) is 13.2 Å². The van der Waals surface area contributed by atoms with Gasteiger partial charge in [0.2, 0.25) is 0 Å². The Morgan fingerprint density at radius 3 is 2.47 bits per heavy atom. The van der Waals surface area contributed by atoms with Crippen LogP contribution in [-0.2, 0) is 9.53 Å². The molecule has 0 spiro atoms. The van der Waals surface area contributed by atoms with E-state index in [2.05, 4.69) is 10.1 Å². The lowest BCUT2D eigenvalue weighted by atomic mass is 10.1. The Morgan fingerprint density at radius 1 is 1.35 bits per heavy atom. The Balaban J connectivity index is 2.26. The summed E-state index contributed by atoms with van der Waals surface area (Å²) in [6, 6.07) is -0.433. The molecule has 0 aliphatic heterocycles. The summed E-state index contributed by atoms with van der Waals surface area (Å²) in [6.45, 7) is -1.64. The van der Waals surface area contributed by atoms with Gasteiger partial charge < -0.3 is 15.2 Å². The minimum absolute atomic E-state index is 0.219. The van der Waals surface area contributed by atoms with E-state index in [-0.39, 0.29) is 6.42 Å². The Bertz CT molecular complexity index is 305. The van der Waals surface area contributed by atoms with Crippen LogP contribution in [-0.4, -0.2) is 36.0 Å². The molecule has 0 heterocycles. The average molecular weight is 255 g/mol. The number of amides is 1. The van der Waals surface area contributed by atoms with Gasteiger partial charge >= 0.3 is 18.2 Å². The summed E-state index contributed by atoms with van der Waals surface area (Å²) >= 11 is 0. The van der Waals surface area contributed by atoms with Gasteiger partial charge in [0.25, 0.3) is 0 Å². The Morgan fingerprint density at radius 2 is 2.00 bits per heavy atom. The first-order valence-electron chi connectivity index (χ1n) is 5.01. The Hall–Kier alpha value is -1.47. The molecule has 1 amide bonds. The van der Waals surface area contributed by atoms with Crippen LogP contribution in [0.15, 0.2) is 0 Å². The minimum Gasteiger partial charge on any atom is -0.481 e. The Kier molecular flexibility index (Phi) is 4.19. The number of ether oxygens (including phenoxy) is 1. The van der Waals surface area contributed by atoms with E-state index in [0.717, 1.165) is 0 Å². The van der Waals surface area contributed by atoms with Crippen molar-refractivity contribution in [2.24, 2.45) is 5.92 Å². The second-order valence-electron chi connectivity index (χ2n) is 3.88. The van der Waals surface area contributed by atoms with E-state index < -0.39 is 36.8 Å². The normalized spacial score (nSPS) is 24.4. The summed E-state index contributed by atoms with van der Waals surface area (Å²) in [5.74, 6) is -1.51. The molecular formula is C9H12F3NO4. The predicted octanol–water partition coefficient (Wildman–Crippen LogP) is 1.53. The molecular weight excluding hydrogens is 243 g/mol. The SMILES string of the molecule is O=C(N[C@H]1CC[C@@H](C(=O)O)C1)OCC(F)(F)F. The third-order valence-electron chi connectivity index (χ3n) is 2.47. The number of halogens is 3. The number of hydrogen-bond acceptors (Lipinski definition) is 3. The van der Waals surface area contributed by atoms with Crippen molar-refractivity contribution >= 4 is 12.1 Å². The van der Waals surface area contributed by atoms with Crippen LogP contribution in [0.25, 0.3) is 0 Å². The van der Waals surface area contributed by atoms with Gasteiger partial charge in [-0.05, 0) is 19.3 Å². The molecule has 2 N–H and O–H groups in total. The maximum atomic E-state index is 11.7. The topological polar surface area (TPSA) is 75.6 Å². The maximum absolute atomic E-state index is 11.7. The number of carbonyl (C=O) groups is 2. The van der Waals surface area contributed by atoms with Crippen LogP contribution in [0.2, 0.25) is 0 Å². The number of carboxylic acids is 1. The molecule has 98 valence electrons. The van der Waals surface area contributed by atoms with E-state index in [0.29, 0.717) is 12.8 Å². The number of alkyl halides is 3. The number of hydrogen-bond donors (Lipinski definition) is 2. The summed E-state index contributed by atoms with van der Waals surface area (Å²) < 4.78 is 39.1. The third-order valence-corrected chi connectivity index (χ3v) is 2.47. The zero-order valence-electron chi connectivity index (χ0n) is 8.79. The number of rotatable bonds is 3. The monoisotopic (exact) mass is 255 g/mol. The van der Waals surface area contributed by atoms with Crippen molar-refractivity contribution in [2.45, 2.75) is 31.5 Å². The molecule has 0 radical (unpaired) electrons. The maximum Gasteiger partial charge on any atom is 0.422 e. The molecule has 1 fully saturated rings. The second-order valence-corrected chi connectivity index (χ2v) is 3.88. The fourth-order valence-corrected chi connectivity index (χ4v) is 1.69. The van der Waals surface area contributed by atoms with Crippen LogP contribution in [0.4, 0.5) is 18.0 Å². The average Bonchev–Trinajstić information content (AvgIpc) is 2.62. The van der Waals surface area contributed by atoms with Crippen LogP contribution in [0.1, 0.15) is 19.3 Å².